The molecule has 0 aromatic heterocycles. The Labute approximate surface area is 141 Å². The fourth-order valence-electron chi connectivity index (χ4n) is 2.43. The summed E-state index contributed by atoms with van der Waals surface area (Å²) in [7, 11) is 0. The van der Waals surface area contributed by atoms with Crippen LogP contribution in [0.3, 0.4) is 0 Å². The van der Waals surface area contributed by atoms with Crippen LogP contribution in [0, 0.1) is 5.92 Å². The zero-order valence-electron chi connectivity index (χ0n) is 15.4. The maximum absolute atomic E-state index is 12.0. The fraction of sp³-hybridized carbons (Fsp3) is 0.882. The molecule has 2 N–H and O–H groups in total. The molecule has 0 aliphatic carbocycles. The van der Waals surface area contributed by atoms with Gasteiger partial charge in [-0.15, -0.1) is 0 Å². The molecule has 0 unspecified atom stereocenters. The lowest BCUT2D eigenvalue weighted by molar-refractivity contribution is 0.0187. The van der Waals surface area contributed by atoms with Gasteiger partial charge in [-0.25, -0.2) is 4.79 Å². The van der Waals surface area contributed by atoms with Crippen molar-refractivity contribution in [3.63, 3.8) is 0 Å². The summed E-state index contributed by atoms with van der Waals surface area (Å²) in [5.74, 6) is 1.43. The number of hydrogen-bond acceptors (Lipinski definition) is 3. The smallest absolute Gasteiger partial charge is 0.410 e. The quantitative estimate of drug-likeness (QED) is 0.602. The first-order valence-electron chi connectivity index (χ1n) is 8.85. The number of nitrogens with one attached hydrogen (secondary N) is 2. The first kappa shape index (κ1) is 19.6. The summed E-state index contributed by atoms with van der Waals surface area (Å²) in [6, 6.07) is 0. The molecule has 134 valence electrons. The van der Waals surface area contributed by atoms with E-state index in [2.05, 4.69) is 29.5 Å². The number of aliphatic imine (C=N–C) groups is 1. The summed E-state index contributed by atoms with van der Waals surface area (Å²) in [4.78, 5) is 18.5. The number of hydrogen-bond donors (Lipinski definition) is 2. The third-order valence-electron chi connectivity index (χ3n) is 3.66. The molecule has 1 fully saturated rings. The molecule has 0 spiro atoms. The van der Waals surface area contributed by atoms with Gasteiger partial charge in [0.25, 0.3) is 0 Å². The second-order valence-electron chi connectivity index (χ2n) is 7.06. The van der Waals surface area contributed by atoms with E-state index in [-0.39, 0.29) is 6.09 Å². The molecule has 1 aliphatic rings. The van der Waals surface area contributed by atoms with Crippen molar-refractivity contribution in [2.45, 2.75) is 59.5 Å². The molecule has 0 aromatic carbocycles. The van der Waals surface area contributed by atoms with Crippen LogP contribution >= 0.6 is 0 Å². The first-order chi connectivity index (χ1) is 10.9. The van der Waals surface area contributed by atoms with E-state index in [1.165, 1.54) is 0 Å². The molecule has 6 nitrogen and oxygen atoms in total. The Morgan fingerprint density at radius 2 is 1.87 bits per heavy atom. The van der Waals surface area contributed by atoms with Crippen molar-refractivity contribution in [2.75, 3.05) is 32.7 Å². The third kappa shape index (κ3) is 8.09. The van der Waals surface area contributed by atoms with E-state index in [1.54, 1.807) is 0 Å². The van der Waals surface area contributed by atoms with Crippen molar-refractivity contribution in [2.24, 2.45) is 10.9 Å². The number of likely N-dealkylation sites (tertiary alicyclic amines) is 1. The highest BCUT2D eigenvalue weighted by Gasteiger charge is 2.26. The number of carbonyl (C=O) groups is 1. The van der Waals surface area contributed by atoms with E-state index >= 15 is 0 Å². The van der Waals surface area contributed by atoms with E-state index < -0.39 is 5.60 Å². The minimum Gasteiger partial charge on any atom is -0.444 e. The second kappa shape index (κ2) is 9.63. The zero-order valence-corrected chi connectivity index (χ0v) is 15.4. The Kier molecular flexibility index (Phi) is 8.20. The molecule has 1 heterocycles. The summed E-state index contributed by atoms with van der Waals surface area (Å²) in [6.07, 6.45) is 2.85. The average molecular weight is 326 g/mol. The second-order valence-corrected chi connectivity index (χ2v) is 7.06. The molecule has 1 rings (SSSR count). The summed E-state index contributed by atoms with van der Waals surface area (Å²) < 4.78 is 5.43. The van der Waals surface area contributed by atoms with Gasteiger partial charge >= 0.3 is 6.09 Å². The van der Waals surface area contributed by atoms with Crippen LogP contribution < -0.4 is 10.6 Å². The molecule has 0 aromatic rings. The highest BCUT2D eigenvalue weighted by atomic mass is 16.6. The first-order valence-corrected chi connectivity index (χ1v) is 8.85. The van der Waals surface area contributed by atoms with E-state index in [1.807, 2.05) is 25.7 Å². The van der Waals surface area contributed by atoms with Crippen molar-refractivity contribution < 1.29 is 9.53 Å². The maximum Gasteiger partial charge on any atom is 0.410 e. The zero-order chi connectivity index (χ0) is 17.3. The van der Waals surface area contributed by atoms with Crippen LogP contribution in [-0.2, 0) is 4.74 Å². The summed E-state index contributed by atoms with van der Waals surface area (Å²) in [5.41, 5.74) is -0.427. The van der Waals surface area contributed by atoms with E-state index in [0.717, 1.165) is 57.9 Å². The molecule has 0 atom stereocenters. The fourth-order valence-corrected chi connectivity index (χ4v) is 2.43. The average Bonchev–Trinajstić information content (AvgIpc) is 2.49. The molecule has 0 saturated carbocycles. The Morgan fingerprint density at radius 1 is 1.22 bits per heavy atom. The standard InChI is InChI=1S/C17H34N4O2/c1-6-10-19-15(18-7-2)20-13-14-8-11-21(12-9-14)16(22)23-17(3,4)5/h14H,6-13H2,1-5H3,(H2,18,19,20). The van der Waals surface area contributed by atoms with Crippen molar-refractivity contribution in [1.29, 1.82) is 0 Å². The van der Waals surface area contributed by atoms with Gasteiger partial charge in [0, 0.05) is 32.7 Å². The third-order valence-corrected chi connectivity index (χ3v) is 3.66. The number of guanidine groups is 1. The van der Waals surface area contributed by atoms with Crippen LogP contribution in [0.25, 0.3) is 0 Å². The molecule has 6 heteroatoms. The van der Waals surface area contributed by atoms with Crippen LogP contribution in [0.15, 0.2) is 4.99 Å². The highest BCUT2D eigenvalue weighted by molar-refractivity contribution is 5.79. The van der Waals surface area contributed by atoms with E-state index in [9.17, 15) is 4.79 Å². The lowest BCUT2D eigenvalue weighted by atomic mass is 9.97. The SMILES string of the molecule is CCCNC(=NCC1CCN(C(=O)OC(C)(C)C)CC1)NCC. The van der Waals surface area contributed by atoms with Gasteiger partial charge in [0.15, 0.2) is 5.96 Å². The molecule has 1 amide bonds. The molecular weight excluding hydrogens is 292 g/mol. The van der Waals surface area contributed by atoms with Gasteiger partial charge < -0.3 is 20.3 Å². The van der Waals surface area contributed by atoms with Gasteiger partial charge in [-0.3, -0.25) is 4.99 Å². The highest BCUT2D eigenvalue weighted by Crippen LogP contribution is 2.19. The molecular formula is C17H34N4O2. The number of rotatable bonds is 5. The Bertz CT molecular complexity index is 383. The number of ether oxygens (including phenoxy) is 1. The van der Waals surface area contributed by atoms with Crippen molar-refractivity contribution in [1.82, 2.24) is 15.5 Å². The normalized spacial score (nSPS) is 17.1. The van der Waals surface area contributed by atoms with Crippen LogP contribution in [0.2, 0.25) is 0 Å². The van der Waals surface area contributed by atoms with Crippen LogP contribution in [0.5, 0.6) is 0 Å². The predicted octanol–water partition coefficient (Wildman–Crippen LogP) is 2.60. The predicted molar refractivity (Wildman–Crippen MR) is 94.8 cm³/mol. The molecule has 23 heavy (non-hydrogen) atoms. The minimum absolute atomic E-state index is 0.197. The number of amides is 1. The van der Waals surface area contributed by atoms with E-state index in [4.69, 9.17) is 4.74 Å². The molecule has 0 radical (unpaired) electrons. The Balaban J connectivity index is 2.39. The minimum atomic E-state index is -0.427. The number of nitrogens with zero attached hydrogens (tertiary/aromatic N) is 2. The Morgan fingerprint density at radius 3 is 2.39 bits per heavy atom. The summed E-state index contributed by atoms with van der Waals surface area (Å²) in [5, 5.41) is 6.58. The largest absolute Gasteiger partial charge is 0.444 e. The van der Waals surface area contributed by atoms with Gasteiger partial charge in [0.1, 0.15) is 5.60 Å². The van der Waals surface area contributed by atoms with Crippen LogP contribution in [-0.4, -0.2) is 55.3 Å². The van der Waals surface area contributed by atoms with E-state index in [0.29, 0.717) is 5.92 Å². The van der Waals surface area contributed by atoms with Gasteiger partial charge in [0.05, 0.1) is 0 Å². The van der Waals surface area contributed by atoms with Crippen molar-refractivity contribution in [3.05, 3.63) is 0 Å². The van der Waals surface area contributed by atoms with Gasteiger partial charge in [-0.1, -0.05) is 6.92 Å². The van der Waals surface area contributed by atoms with Gasteiger partial charge in [0.2, 0.25) is 0 Å². The maximum atomic E-state index is 12.0. The molecule has 1 aliphatic heterocycles. The summed E-state index contributed by atoms with van der Waals surface area (Å²) >= 11 is 0. The number of carbonyl (C=O) groups excluding carboxylic acids is 1. The van der Waals surface area contributed by atoms with Crippen LogP contribution in [0.1, 0.15) is 53.9 Å². The Hall–Kier alpha value is -1.46. The number of piperidine rings is 1. The van der Waals surface area contributed by atoms with Gasteiger partial charge in [-0.2, -0.15) is 0 Å². The van der Waals surface area contributed by atoms with Gasteiger partial charge in [-0.05, 0) is 52.9 Å². The summed E-state index contributed by atoms with van der Waals surface area (Å²) in [6.45, 7) is 14.0. The lowest BCUT2D eigenvalue weighted by Gasteiger charge is -2.33. The molecule has 1 saturated heterocycles. The van der Waals surface area contributed by atoms with Crippen molar-refractivity contribution >= 4 is 12.1 Å². The van der Waals surface area contributed by atoms with Crippen LogP contribution in [0.4, 0.5) is 4.79 Å². The topological polar surface area (TPSA) is 66.0 Å². The van der Waals surface area contributed by atoms with Crippen molar-refractivity contribution in [3.8, 4) is 0 Å². The monoisotopic (exact) mass is 326 g/mol. The lowest BCUT2D eigenvalue weighted by Crippen LogP contribution is -2.42. The molecule has 0 bridgehead atoms.